The molecular formula is C13H11Br2NO4S. The molecule has 1 heterocycles. The lowest BCUT2D eigenvalue weighted by Crippen LogP contribution is -2.30. The molecule has 0 aliphatic rings. The van der Waals surface area contributed by atoms with Crippen LogP contribution in [0.15, 0.2) is 42.7 Å². The summed E-state index contributed by atoms with van der Waals surface area (Å²) in [7, 11) is -3.96. The molecule has 2 aromatic rings. The molecule has 0 unspecified atom stereocenters. The summed E-state index contributed by atoms with van der Waals surface area (Å²) in [5, 5.41) is 0. The number of halogens is 2. The molecule has 0 atom stereocenters. The number of carbonyl (C=O) groups is 1. The molecule has 0 aliphatic carbocycles. The van der Waals surface area contributed by atoms with Crippen LogP contribution in [0.5, 0.6) is 0 Å². The summed E-state index contributed by atoms with van der Waals surface area (Å²) in [5.41, 5.74) is 1.60. The maximum Gasteiger partial charge on any atom is 0.300 e. The normalized spacial score (nSPS) is 11.4. The predicted molar refractivity (Wildman–Crippen MR) is 84.7 cm³/mol. The van der Waals surface area contributed by atoms with Crippen LogP contribution >= 0.6 is 31.9 Å². The average molecular weight is 437 g/mol. The molecular weight excluding hydrogens is 426 g/mol. The van der Waals surface area contributed by atoms with Crippen molar-refractivity contribution in [1.29, 1.82) is 0 Å². The summed E-state index contributed by atoms with van der Waals surface area (Å²) < 4.78 is 32.5. The Morgan fingerprint density at radius 2 is 1.81 bits per heavy atom. The summed E-state index contributed by atoms with van der Waals surface area (Å²) in [5.74, 6) is -0.894. The Hall–Kier alpha value is -1.12. The number of hydrogen-bond donors (Lipinski definition) is 1. The van der Waals surface area contributed by atoms with Crippen molar-refractivity contribution in [3.8, 4) is 0 Å². The quantitative estimate of drug-likeness (QED) is 0.798. The minimum absolute atomic E-state index is 0.00401. The standard InChI is InChI=1S/C13H11Br2NO4S/c1-7-3-4-9(6-10(7)14)21(18,19)16-13(17)11-5-8(2)12(15)20-11/h3-6H,1-2H3,(H,16,17). The van der Waals surface area contributed by atoms with E-state index < -0.39 is 15.9 Å². The number of hydrogen-bond acceptors (Lipinski definition) is 4. The second-order valence-electron chi connectivity index (χ2n) is 4.41. The third-order valence-corrected chi connectivity index (χ3v) is 5.73. The number of amides is 1. The van der Waals surface area contributed by atoms with Gasteiger partial charge in [0.1, 0.15) is 0 Å². The molecule has 0 spiro atoms. The molecule has 21 heavy (non-hydrogen) atoms. The van der Waals surface area contributed by atoms with Gasteiger partial charge in [0.25, 0.3) is 10.0 Å². The lowest BCUT2D eigenvalue weighted by atomic mass is 10.2. The van der Waals surface area contributed by atoms with Crippen LogP contribution in [0.1, 0.15) is 21.7 Å². The van der Waals surface area contributed by atoms with Crippen LogP contribution in [-0.4, -0.2) is 14.3 Å². The van der Waals surface area contributed by atoms with Crippen molar-refractivity contribution in [2.24, 2.45) is 0 Å². The number of benzene rings is 1. The lowest BCUT2D eigenvalue weighted by Gasteiger charge is -2.07. The molecule has 5 nitrogen and oxygen atoms in total. The molecule has 8 heteroatoms. The number of carbonyl (C=O) groups excluding carboxylic acids is 1. The van der Waals surface area contributed by atoms with E-state index in [0.29, 0.717) is 14.7 Å². The van der Waals surface area contributed by atoms with Crippen LogP contribution < -0.4 is 4.72 Å². The van der Waals surface area contributed by atoms with Crippen molar-refractivity contribution in [2.45, 2.75) is 18.7 Å². The first-order valence-corrected chi connectivity index (χ1v) is 8.87. The average Bonchev–Trinajstić information content (AvgIpc) is 2.72. The number of rotatable bonds is 3. The van der Waals surface area contributed by atoms with E-state index in [0.717, 1.165) is 5.56 Å². The molecule has 2 rings (SSSR count). The summed E-state index contributed by atoms with van der Waals surface area (Å²) in [6.45, 7) is 3.57. The van der Waals surface area contributed by atoms with Crippen LogP contribution in [0.2, 0.25) is 0 Å². The SMILES string of the molecule is Cc1ccc(S(=O)(=O)NC(=O)c2cc(C)c(Br)o2)cc1Br. The van der Waals surface area contributed by atoms with Gasteiger partial charge >= 0.3 is 5.91 Å². The number of furan rings is 1. The van der Waals surface area contributed by atoms with Crippen molar-refractivity contribution in [3.05, 3.63) is 50.3 Å². The lowest BCUT2D eigenvalue weighted by molar-refractivity contribution is 0.0953. The van der Waals surface area contributed by atoms with Crippen molar-refractivity contribution < 1.29 is 17.6 Å². The second-order valence-corrected chi connectivity index (χ2v) is 7.67. The molecule has 1 aromatic carbocycles. The first-order valence-electron chi connectivity index (χ1n) is 5.80. The molecule has 0 fully saturated rings. The van der Waals surface area contributed by atoms with Crippen molar-refractivity contribution >= 4 is 47.8 Å². The Morgan fingerprint density at radius 1 is 1.14 bits per heavy atom. The Kier molecular flexibility index (Phi) is 4.60. The summed E-state index contributed by atoms with van der Waals surface area (Å²) in [6, 6.07) is 5.98. The highest BCUT2D eigenvalue weighted by atomic mass is 79.9. The summed E-state index contributed by atoms with van der Waals surface area (Å²) >= 11 is 6.38. The van der Waals surface area contributed by atoms with Gasteiger partial charge in [-0.1, -0.05) is 22.0 Å². The highest BCUT2D eigenvalue weighted by molar-refractivity contribution is 9.10. The molecule has 1 aromatic heterocycles. The number of sulfonamides is 1. The molecule has 1 amide bonds. The van der Waals surface area contributed by atoms with E-state index >= 15 is 0 Å². The largest absolute Gasteiger partial charge is 0.444 e. The van der Waals surface area contributed by atoms with E-state index in [1.807, 2.05) is 11.6 Å². The Labute approximate surface area is 139 Å². The van der Waals surface area contributed by atoms with E-state index in [-0.39, 0.29) is 10.7 Å². The highest BCUT2D eigenvalue weighted by Gasteiger charge is 2.22. The minimum atomic E-state index is -3.96. The van der Waals surface area contributed by atoms with Crippen LogP contribution in [0.25, 0.3) is 0 Å². The smallest absolute Gasteiger partial charge is 0.300 e. The topological polar surface area (TPSA) is 76.4 Å². The van der Waals surface area contributed by atoms with Gasteiger partial charge in [-0.2, -0.15) is 0 Å². The maximum atomic E-state index is 12.2. The predicted octanol–water partition coefficient (Wildman–Crippen LogP) is 3.54. The fourth-order valence-electron chi connectivity index (χ4n) is 1.54. The minimum Gasteiger partial charge on any atom is -0.444 e. The molecule has 112 valence electrons. The fraction of sp³-hybridized carbons (Fsp3) is 0.154. The summed E-state index contributed by atoms with van der Waals surface area (Å²) in [6.07, 6.45) is 0. The zero-order valence-corrected chi connectivity index (χ0v) is 15.1. The molecule has 0 saturated heterocycles. The Bertz CT molecular complexity index is 792. The van der Waals surface area contributed by atoms with Crippen LogP contribution in [0, 0.1) is 13.8 Å². The highest BCUT2D eigenvalue weighted by Crippen LogP contribution is 2.22. The van der Waals surface area contributed by atoms with Crippen molar-refractivity contribution in [2.75, 3.05) is 0 Å². The third kappa shape index (κ3) is 3.56. The van der Waals surface area contributed by atoms with E-state index in [9.17, 15) is 13.2 Å². The van der Waals surface area contributed by atoms with Crippen LogP contribution in [-0.2, 0) is 10.0 Å². The van der Waals surface area contributed by atoms with E-state index in [2.05, 4.69) is 31.9 Å². The van der Waals surface area contributed by atoms with Crippen molar-refractivity contribution in [3.63, 3.8) is 0 Å². The number of aryl methyl sites for hydroxylation is 2. The van der Waals surface area contributed by atoms with Gasteiger partial charge in [-0.15, -0.1) is 0 Å². The molecule has 0 radical (unpaired) electrons. The third-order valence-electron chi connectivity index (χ3n) is 2.76. The number of nitrogens with one attached hydrogen (secondary N) is 1. The van der Waals surface area contributed by atoms with Gasteiger partial charge in [0, 0.05) is 10.0 Å². The van der Waals surface area contributed by atoms with E-state index in [1.54, 1.807) is 13.0 Å². The first kappa shape index (κ1) is 16.3. The van der Waals surface area contributed by atoms with Crippen LogP contribution in [0.3, 0.4) is 0 Å². The maximum absolute atomic E-state index is 12.2. The van der Waals surface area contributed by atoms with E-state index in [1.165, 1.54) is 18.2 Å². The van der Waals surface area contributed by atoms with Crippen molar-refractivity contribution in [1.82, 2.24) is 4.72 Å². The molecule has 0 bridgehead atoms. The zero-order valence-electron chi connectivity index (χ0n) is 11.1. The zero-order chi connectivity index (χ0) is 15.8. The summed E-state index contributed by atoms with van der Waals surface area (Å²) in [4.78, 5) is 11.9. The van der Waals surface area contributed by atoms with Gasteiger partial charge in [-0.3, -0.25) is 4.79 Å². The first-order chi connectivity index (χ1) is 9.70. The Morgan fingerprint density at radius 3 is 2.33 bits per heavy atom. The molecule has 0 aliphatic heterocycles. The van der Waals surface area contributed by atoms with E-state index in [4.69, 9.17) is 4.42 Å². The fourth-order valence-corrected chi connectivity index (χ4v) is 3.35. The van der Waals surface area contributed by atoms with Gasteiger partial charge in [0.05, 0.1) is 4.90 Å². The van der Waals surface area contributed by atoms with Gasteiger partial charge in [-0.25, -0.2) is 13.1 Å². The van der Waals surface area contributed by atoms with Gasteiger partial charge < -0.3 is 4.42 Å². The Balaban J connectivity index is 2.28. The molecule has 0 saturated carbocycles. The van der Waals surface area contributed by atoms with Gasteiger partial charge in [0.2, 0.25) is 0 Å². The monoisotopic (exact) mass is 435 g/mol. The second kappa shape index (κ2) is 5.94. The van der Waals surface area contributed by atoms with Gasteiger partial charge in [-0.05, 0) is 53.5 Å². The van der Waals surface area contributed by atoms with Gasteiger partial charge in [0.15, 0.2) is 10.4 Å². The van der Waals surface area contributed by atoms with Crippen LogP contribution in [0.4, 0.5) is 0 Å². The molecule has 1 N–H and O–H groups in total.